The summed E-state index contributed by atoms with van der Waals surface area (Å²) >= 11 is 12.4. The monoisotopic (exact) mass is 529 g/mol. The summed E-state index contributed by atoms with van der Waals surface area (Å²) in [6.45, 7) is 6.53. The zero-order valence-corrected chi connectivity index (χ0v) is 21.5. The summed E-state index contributed by atoms with van der Waals surface area (Å²) in [4.78, 5) is 24.2. The summed E-state index contributed by atoms with van der Waals surface area (Å²) in [5.41, 5.74) is 8.93. The predicted octanol–water partition coefficient (Wildman–Crippen LogP) is 5.62. The van der Waals surface area contributed by atoms with Crippen LogP contribution in [0.5, 0.6) is 5.88 Å². The van der Waals surface area contributed by atoms with Crippen LogP contribution in [0.25, 0.3) is 11.3 Å². The van der Waals surface area contributed by atoms with Crippen molar-refractivity contribution in [1.29, 1.82) is 0 Å². The summed E-state index contributed by atoms with van der Waals surface area (Å²) in [6.07, 6.45) is 2.35. The van der Waals surface area contributed by atoms with Crippen LogP contribution in [0.4, 0.5) is 15.9 Å². The standard InChI is InChI=1S/C26H26Cl2FN5O2/c1-3-34-10-8-26(9-11-34)16-12-15(4-7-19(16)33-25(26)35)20-13-31-23(30)24(32-20)36-14(2)21-17(27)5-6-18(29)22(21)28/h4-7,12-14H,3,8-11H2,1-2H3,(H2,30,31)(H,33,35)/t14-/m1/s1. The van der Waals surface area contributed by atoms with E-state index in [1.54, 1.807) is 13.1 Å². The van der Waals surface area contributed by atoms with Gasteiger partial charge in [-0.05, 0) is 69.2 Å². The molecule has 1 saturated heterocycles. The molecule has 7 nitrogen and oxygen atoms in total. The maximum absolute atomic E-state index is 14.0. The molecule has 188 valence electrons. The maximum Gasteiger partial charge on any atom is 0.258 e. The molecule has 1 fully saturated rings. The van der Waals surface area contributed by atoms with Gasteiger partial charge in [-0.1, -0.05) is 36.2 Å². The number of aromatic nitrogens is 2. The van der Waals surface area contributed by atoms with Gasteiger partial charge in [0.2, 0.25) is 5.91 Å². The third-order valence-corrected chi connectivity index (χ3v) is 7.93. The Morgan fingerprint density at radius 1 is 1.25 bits per heavy atom. The zero-order valence-electron chi connectivity index (χ0n) is 19.9. The van der Waals surface area contributed by atoms with Gasteiger partial charge in [-0.25, -0.2) is 14.4 Å². The van der Waals surface area contributed by atoms with Crippen LogP contribution >= 0.6 is 23.2 Å². The number of hydrogen-bond acceptors (Lipinski definition) is 6. The van der Waals surface area contributed by atoms with Gasteiger partial charge in [0.05, 0.1) is 22.3 Å². The number of carbonyl (C=O) groups excluding carboxylic acids is 1. The van der Waals surface area contributed by atoms with Gasteiger partial charge in [-0.15, -0.1) is 0 Å². The van der Waals surface area contributed by atoms with Gasteiger partial charge < -0.3 is 20.7 Å². The van der Waals surface area contributed by atoms with Crippen LogP contribution < -0.4 is 15.8 Å². The molecule has 2 aliphatic heterocycles. The Morgan fingerprint density at radius 3 is 2.72 bits per heavy atom. The van der Waals surface area contributed by atoms with E-state index in [4.69, 9.17) is 33.7 Å². The van der Waals surface area contributed by atoms with Crippen molar-refractivity contribution < 1.29 is 13.9 Å². The highest BCUT2D eigenvalue weighted by atomic mass is 35.5. The molecule has 36 heavy (non-hydrogen) atoms. The van der Waals surface area contributed by atoms with Gasteiger partial charge >= 0.3 is 0 Å². The van der Waals surface area contributed by atoms with Crippen LogP contribution in [-0.2, 0) is 10.2 Å². The minimum Gasteiger partial charge on any atom is -0.467 e. The first-order valence-corrected chi connectivity index (χ1v) is 12.6. The van der Waals surface area contributed by atoms with Crippen LogP contribution in [-0.4, -0.2) is 40.4 Å². The van der Waals surface area contributed by atoms with E-state index in [1.165, 1.54) is 12.1 Å². The molecule has 2 aromatic carbocycles. The van der Waals surface area contributed by atoms with Gasteiger partial charge in [-0.3, -0.25) is 4.79 Å². The number of carbonyl (C=O) groups is 1. The second kappa shape index (κ2) is 9.50. The van der Waals surface area contributed by atoms with Crippen molar-refractivity contribution in [2.75, 3.05) is 30.7 Å². The molecule has 2 aliphatic rings. The third-order valence-electron chi connectivity index (χ3n) is 7.21. The number of nitrogens with two attached hydrogens (primary N) is 1. The molecule has 3 aromatic rings. The Morgan fingerprint density at radius 2 is 2.00 bits per heavy atom. The number of nitrogen functional groups attached to an aromatic ring is 1. The van der Waals surface area contributed by atoms with Crippen molar-refractivity contribution >= 4 is 40.6 Å². The second-order valence-corrected chi connectivity index (χ2v) is 9.98. The Bertz CT molecular complexity index is 1340. The number of nitrogens with one attached hydrogen (secondary N) is 1. The molecule has 1 amide bonds. The van der Waals surface area contributed by atoms with Crippen LogP contribution in [0, 0.1) is 5.82 Å². The Balaban J connectivity index is 1.47. The van der Waals surface area contributed by atoms with Crippen LogP contribution in [0.1, 0.15) is 43.9 Å². The molecule has 0 bridgehead atoms. The number of benzene rings is 2. The number of rotatable bonds is 5. The molecular formula is C26H26Cl2FN5O2. The summed E-state index contributed by atoms with van der Waals surface area (Å²) in [5, 5.41) is 3.21. The Labute approximate surface area is 218 Å². The molecule has 0 saturated carbocycles. The van der Waals surface area contributed by atoms with E-state index in [2.05, 4.69) is 27.1 Å². The number of piperidine rings is 1. The maximum atomic E-state index is 14.0. The summed E-state index contributed by atoms with van der Waals surface area (Å²) < 4.78 is 20.0. The van der Waals surface area contributed by atoms with E-state index in [0.717, 1.165) is 49.3 Å². The quantitative estimate of drug-likeness (QED) is 0.416. The first-order valence-electron chi connectivity index (χ1n) is 11.8. The molecule has 0 aliphatic carbocycles. The number of anilines is 2. The lowest BCUT2D eigenvalue weighted by molar-refractivity contribution is -0.122. The molecule has 5 rings (SSSR count). The first kappa shape index (κ1) is 24.7. The molecule has 3 N–H and O–H groups in total. The second-order valence-electron chi connectivity index (χ2n) is 9.19. The van der Waals surface area contributed by atoms with Crippen molar-refractivity contribution in [3.63, 3.8) is 0 Å². The number of amides is 1. The Kier molecular flexibility index (Phi) is 6.53. The smallest absolute Gasteiger partial charge is 0.258 e. The van der Waals surface area contributed by atoms with Crippen molar-refractivity contribution in [2.45, 2.75) is 38.2 Å². The molecule has 0 unspecified atom stereocenters. The summed E-state index contributed by atoms with van der Waals surface area (Å²) in [5.74, 6) is -0.387. The number of likely N-dealkylation sites (tertiary alicyclic amines) is 1. The fourth-order valence-electron chi connectivity index (χ4n) is 5.07. The highest BCUT2D eigenvalue weighted by molar-refractivity contribution is 6.36. The van der Waals surface area contributed by atoms with E-state index in [-0.39, 0.29) is 27.7 Å². The largest absolute Gasteiger partial charge is 0.467 e. The molecule has 1 aromatic heterocycles. The van der Waals surface area contributed by atoms with Gasteiger partial charge in [0, 0.05) is 21.8 Å². The van der Waals surface area contributed by atoms with Crippen molar-refractivity contribution in [3.05, 3.63) is 63.5 Å². The highest BCUT2D eigenvalue weighted by Crippen LogP contribution is 2.46. The molecule has 1 atom stereocenters. The van der Waals surface area contributed by atoms with Gasteiger partial charge in [0.25, 0.3) is 5.88 Å². The lowest BCUT2D eigenvalue weighted by Gasteiger charge is -2.37. The molecule has 10 heteroatoms. The van der Waals surface area contributed by atoms with Crippen molar-refractivity contribution in [2.24, 2.45) is 0 Å². The van der Waals surface area contributed by atoms with Crippen LogP contribution in [0.2, 0.25) is 10.0 Å². The average molecular weight is 530 g/mol. The normalized spacial score (nSPS) is 17.6. The molecule has 3 heterocycles. The fraction of sp³-hybridized carbons (Fsp3) is 0.346. The van der Waals surface area contributed by atoms with E-state index >= 15 is 0 Å². The number of hydrogen-bond donors (Lipinski definition) is 2. The average Bonchev–Trinajstić information content (AvgIpc) is 3.13. The summed E-state index contributed by atoms with van der Waals surface area (Å²) in [6, 6.07) is 8.40. The number of nitrogens with zero attached hydrogens (tertiary/aromatic N) is 3. The number of ether oxygens (including phenoxy) is 1. The lowest BCUT2D eigenvalue weighted by atomic mass is 9.73. The van der Waals surface area contributed by atoms with E-state index in [9.17, 15) is 9.18 Å². The fourth-order valence-corrected chi connectivity index (χ4v) is 5.75. The van der Waals surface area contributed by atoms with Crippen molar-refractivity contribution in [1.82, 2.24) is 14.9 Å². The minimum atomic E-state index is -0.735. The van der Waals surface area contributed by atoms with Crippen molar-refractivity contribution in [3.8, 4) is 17.1 Å². The zero-order chi connectivity index (χ0) is 25.6. The van der Waals surface area contributed by atoms with Crippen LogP contribution in [0.3, 0.4) is 0 Å². The predicted molar refractivity (Wildman–Crippen MR) is 139 cm³/mol. The molecule has 0 radical (unpaired) electrons. The van der Waals surface area contributed by atoms with E-state index < -0.39 is 17.3 Å². The third kappa shape index (κ3) is 4.17. The Hall–Kier alpha value is -2.94. The SMILES string of the molecule is CCN1CCC2(CC1)C(=O)Nc1ccc(-c3cnc(N)c(O[C@H](C)c4c(Cl)ccc(F)c4Cl)n3)cc12. The molecular weight excluding hydrogens is 504 g/mol. The first-order chi connectivity index (χ1) is 17.2. The highest BCUT2D eigenvalue weighted by Gasteiger charge is 2.48. The van der Waals surface area contributed by atoms with E-state index in [1.807, 2.05) is 18.2 Å². The van der Waals surface area contributed by atoms with E-state index in [0.29, 0.717) is 11.3 Å². The van der Waals surface area contributed by atoms with Crippen LogP contribution in [0.15, 0.2) is 36.5 Å². The van der Waals surface area contributed by atoms with Gasteiger partial charge in [-0.2, -0.15) is 0 Å². The van der Waals surface area contributed by atoms with Gasteiger partial charge in [0.15, 0.2) is 5.82 Å². The molecule has 1 spiro atoms. The topological polar surface area (TPSA) is 93.4 Å². The van der Waals surface area contributed by atoms with Gasteiger partial charge in [0.1, 0.15) is 11.9 Å². The number of fused-ring (bicyclic) bond motifs is 2. The number of halogens is 3. The summed E-state index contributed by atoms with van der Waals surface area (Å²) in [7, 11) is 0. The lowest BCUT2D eigenvalue weighted by Crippen LogP contribution is -2.46. The minimum absolute atomic E-state index is 0.0514.